The standard InChI is InChI=1S/C15H19BrFNO2/c16-14-12(2-1-3-13(14)17)9-18-8-10-4-6-11(7-5-10)15(19)20/h1-3,10-11,18H,4-9H2,(H,19,20). The second kappa shape index (κ2) is 7.18. The number of carboxylic acid groups (broad SMARTS) is 1. The predicted octanol–water partition coefficient (Wildman–Crippen LogP) is 3.57. The van der Waals surface area contributed by atoms with Crippen LogP contribution in [-0.4, -0.2) is 17.6 Å². The largest absolute Gasteiger partial charge is 0.481 e. The van der Waals surface area contributed by atoms with Gasteiger partial charge in [-0.05, 0) is 65.7 Å². The van der Waals surface area contributed by atoms with Gasteiger partial charge < -0.3 is 10.4 Å². The highest BCUT2D eigenvalue weighted by molar-refractivity contribution is 9.10. The van der Waals surface area contributed by atoms with Crippen molar-refractivity contribution in [3.05, 3.63) is 34.1 Å². The highest BCUT2D eigenvalue weighted by Gasteiger charge is 2.25. The number of nitrogens with one attached hydrogen (secondary N) is 1. The van der Waals surface area contributed by atoms with E-state index in [4.69, 9.17) is 5.11 Å². The topological polar surface area (TPSA) is 49.3 Å². The van der Waals surface area contributed by atoms with E-state index in [0.717, 1.165) is 37.8 Å². The van der Waals surface area contributed by atoms with E-state index in [1.165, 1.54) is 6.07 Å². The van der Waals surface area contributed by atoms with Crippen LogP contribution in [0.4, 0.5) is 4.39 Å². The number of carbonyl (C=O) groups is 1. The van der Waals surface area contributed by atoms with Gasteiger partial charge in [-0.25, -0.2) is 4.39 Å². The molecule has 1 fully saturated rings. The fraction of sp³-hybridized carbons (Fsp3) is 0.533. The van der Waals surface area contributed by atoms with Crippen LogP contribution in [0.2, 0.25) is 0 Å². The van der Waals surface area contributed by atoms with Gasteiger partial charge in [0.15, 0.2) is 0 Å². The van der Waals surface area contributed by atoms with Gasteiger partial charge in [-0.2, -0.15) is 0 Å². The maximum atomic E-state index is 13.3. The summed E-state index contributed by atoms with van der Waals surface area (Å²) >= 11 is 3.25. The number of hydrogen-bond donors (Lipinski definition) is 2. The Labute approximate surface area is 126 Å². The number of carboxylic acids is 1. The average Bonchev–Trinajstić information content (AvgIpc) is 2.44. The molecule has 1 aromatic carbocycles. The number of hydrogen-bond acceptors (Lipinski definition) is 2. The predicted molar refractivity (Wildman–Crippen MR) is 78.9 cm³/mol. The molecule has 20 heavy (non-hydrogen) atoms. The van der Waals surface area contributed by atoms with Gasteiger partial charge >= 0.3 is 5.97 Å². The van der Waals surface area contributed by atoms with Crippen LogP contribution in [0.15, 0.2) is 22.7 Å². The second-order valence-electron chi connectivity index (χ2n) is 5.40. The van der Waals surface area contributed by atoms with E-state index in [-0.39, 0.29) is 11.7 Å². The minimum Gasteiger partial charge on any atom is -0.481 e. The molecule has 2 rings (SSSR count). The molecule has 0 heterocycles. The van der Waals surface area contributed by atoms with E-state index in [1.54, 1.807) is 6.07 Å². The Balaban J connectivity index is 1.74. The fourth-order valence-corrected chi connectivity index (χ4v) is 3.11. The molecule has 0 saturated heterocycles. The van der Waals surface area contributed by atoms with Crippen molar-refractivity contribution >= 4 is 21.9 Å². The lowest BCUT2D eigenvalue weighted by Gasteiger charge is -2.26. The maximum Gasteiger partial charge on any atom is 0.306 e. The SMILES string of the molecule is O=C(O)C1CCC(CNCc2cccc(F)c2Br)CC1. The highest BCUT2D eigenvalue weighted by atomic mass is 79.9. The molecule has 0 aromatic heterocycles. The molecule has 0 aliphatic heterocycles. The summed E-state index contributed by atoms with van der Waals surface area (Å²) in [5.41, 5.74) is 0.907. The third-order valence-corrected chi connectivity index (χ3v) is 4.86. The molecule has 1 aliphatic rings. The van der Waals surface area contributed by atoms with Crippen LogP contribution in [-0.2, 0) is 11.3 Å². The van der Waals surface area contributed by atoms with Crippen LogP contribution in [0, 0.1) is 17.7 Å². The van der Waals surface area contributed by atoms with Gasteiger partial charge in [0.25, 0.3) is 0 Å². The zero-order chi connectivity index (χ0) is 14.5. The summed E-state index contributed by atoms with van der Waals surface area (Å²) in [7, 11) is 0. The summed E-state index contributed by atoms with van der Waals surface area (Å²) in [6.45, 7) is 1.48. The molecule has 2 N–H and O–H groups in total. The van der Waals surface area contributed by atoms with Gasteiger partial charge in [0.2, 0.25) is 0 Å². The van der Waals surface area contributed by atoms with E-state index in [2.05, 4.69) is 21.2 Å². The first kappa shape index (κ1) is 15.4. The van der Waals surface area contributed by atoms with Crippen molar-refractivity contribution in [1.29, 1.82) is 0 Å². The Bertz CT molecular complexity index is 473. The second-order valence-corrected chi connectivity index (χ2v) is 6.19. The van der Waals surface area contributed by atoms with Gasteiger partial charge in [-0.3, -0.25) is 4.79 Å². The van der Waals surface area contributed by atoms with E-state index < -0.39 is 5.97 Å². The Kier molecular flexibility index (Phi) is 5.54. The normalized spacial score (nSPS) is 22.7. The summed E-state index contributed by atoms with van der Waals surface area (Å²) in [5, 5.41) is 12.3. The molecule has 1 saturated carbocycles. The minimum atomic E-state index is -0.667. The molecule has 0 radical (unpaired) electrons. The lowest BCUT2D eigenvalue weighted by molar-refractivity contribution is -0.143. The smallest absolute Gasteiger partial charge is 0.306 e. The monoisotopic (exact) mass is 343 g/mol. The third kappa shape index (κ3) is 4.03. The quantitative estimate of drug-likeness (QED) is 0.859. The molecular weight excluding hydrogens is 325 g/mol. The highest BCUT2D eigenvalue weighted by Crippen LogP contribution is 2.28. The summed E-state index contributed by atoms with van der Waals surface area (Å²) in [4.78, 5) is 10.9. The first-order chi connectivity index (χ1) is 9.58. The molecule has 0 atom stereocenters. The van der Waals surface area contributed by atoms with Crippen LogP contribution in [0.1, 0.15) is 31.2 Å². The van der Waals surface area contributed by atoms with Crippen molar-refractivity contribution in [2.24, 2.45) is 11.8 Å². The van der Waals surface area contributed by atoms with Crippen LogP contribution >= 0.6 is 15.9 Å². The summed E-state index contributed by atoms with van der Waals surface area (Å²) < 4.78 is 13.9. The Morgan fingerprint density at radius 1 is 1.35 bits per heavy atom. The van der Waals surface area contributed by atoms with Gasteiger partial charge in [0.1, 0.15) is 5.82 Å². The van der Waals surface area contributed by atoms with Gasteiger partial charge in [0.05, 0.1) is 10.4 Å². The van der Waals surface area contributed by atoms with Crippen molar-refractivity contribution in [3.8, 4) is 0 Å². The Morgan fingerprint density at radius 3 is 2.70 bits per heavy atom. The van der Waals surface area contributed by atoms with E-state index in [1.807, 2.05) is 6.07 Å². The molecule has 3 nitrogen and oxygen atoms in total. The molecule has 1 aliphatic carbocycles. The molecule has 0 bridgehead atoms. The fourth-order valence-electron chi connectivity index (χ4n) is 2.71. The van der Waals surface area contributed by atoms with Crippen molar-refractivity contribution in [2.75, 3.05) is 6.54 Å². The van der Waals surface area contributed by atoms with Crippen LogP contribution in [0.3, 0.4) is 0 Å². The first-order valence-electron chi connectivity index (χ1n) is 6.94. The first-order valence-corrected chi connectivity index (χ1v) is 7.73. The number of rotatable bonds is 5. The molecule has 0 amide bonds. The molecule has 110 valence electrons. The zero-order valence-electron chi connectivity index (χ0n) is 11.2. The molecule has 5 heteroatoms. The van der Waals surface area contributed by atoms with E-state index in [9.17, 15) is 9.18 Å². The Hall–Kier alpha value is -0.940. The van der Waals surface area contributed by atoms with Crippen LogP contribution in [0.5, 0.6) is 0 Å². The van der Waals surface area contributed by atoms with Crippen molar-refractivity contribution in [2.45, 2.75) is 32.2 Å². The average molecular weight is 344 g/mol. The number of halogens is 2. The number of benzene rings is 1. The molecular formula is C15H19BrFNO2. The maximum absolute atomic E-state index is 13.3. The van der Waals surface area contributed by atoms with E-state index in [0.29, 0.717) is 16.9 Å². The van der Waals surface area contributed by atoms with Gasteiger partial charge in [-0.1, -0.05) is 12.1 Å². The van der Waals surface area contributed by atoms with Crippen molar-refractivity contribution in [1.82, 2.24) is 5.32 Å². The summed E-state index contributed by atoms with van der Waals surface area (Å²) in [5.74, 6) is -0.548. The molecule has 0 unspecified atom stereocenters. The lowest BCUT2D eigenvalue weighted by atomic mass is 9.82. The summed E-state index contributed by atoms with van der Waals surface area (Å²) in [6, 6.07) is 5.03. The minimum absolute atomic E-state index is 0.163. The van der Waals surface area contributed by atoms with Crippen molar-refractivity contribution in [3.63, 3.8) is 0 Å². The number of aliphatic carboxylic acids is 1. The zero-order valence-corrected chi connectivity index (χ0v) is 12.8. The molecule has 0 spiro atoms. The van der Waals surface area contributed by atoms with E-state index >= 15 is 0 Å². The van der Waals surface area contributed by atoms with Crippen molar-refractivity contribution < 1.29 is 14.3 Å². The third-order valence-electron chi connectivity index (χ3n) is 3.98. The molecule has 1 aromatic rings. The van der Waals surface area contributed by atoms with Gasteiger partial charge in [0, 0.05) is 6.54 Å². The lowest BCUT2D eigenvalue weighted by Crippen LogP contribution is -2.28. The van der Waals surface area contributed by atoms with Crippen LogP contribution in [0.25, 0.3) is 0 Å². The van der Waals surface area contributed by atoms with Crippen LogP contribution < -0.4 is 5.32 Å². The van der Waals surface area contributed by atoms with Gasteiger partial charge in [-0.15, -0.1) is 0 Å². The summed E-state index contributed by atoms with van der Waals surface area (Å²) in [6.07, 6.45) is 3.44. The Morgan fingerprint density at radius 2 is 2.05 bits per heavy atom.